The molecule has 0 aliphatic carbocycles. The topological polar surface area (TPSA) is 77.5 Å². The summed E-state index contributed by atoms with van der Waals surface area (Å²) in [6.45, 7) is 0.986. The van der Waals surface area contributed by atoms with Gasteiger partial charge in [0.15, 0.2) is 0 Å². The fourth-order valence-electron chi connectivity index (χ4n) is 6.54. The Kier molecular flexibility index (Phi) is 11.9. The average molecular weight is 755 g/mol. The van der Waals surface area contributed by atoms with E-state index >= 15 is 0 Å². The lowest BCUT2D eigenvalue weighted by Crippen LogP contribution is -2.45. The number of hydrogen-bond acceptors (Lipinski definition) is 8. The third-order valence-electron chi connectivity index (χ3n) is 9.21. The maximum atomic E-state index is 13.0. The highest BCUT2D eigenvalue weighted by Gasteiger charge is 2.36. The van der Waals surface area contributed by atoms with Gasteiger partial charge in [-0.2, -0.15) is 26.3 Å². The third-order valence-corrected chi connectivity index (χ3v) is 9.21. The zero-order valence-electron chi connectivity index (χ0n) is 28.7. The molecule has 284 valence electrons. The predicted octanol–water partition coefficient (Wildman–Crippen LogP) is 8.37. The zero-order chi connectivity index (χ0) is 38.3. The first-order valence-corrected chi connectivity index (χ1v) is 17.2. The van der Waals surface area contributed by atoms with Crippen LogP contribution >= 0.6 is 0 Å². The molecule has 8 nitrogen and oxygen atoms in total. The summed E-state index contributed by atoms with van der Waals surface area (Å²) in [6, 6.07) is 27.6. The van der Waals surface area contributed by atoms with E-state index < -0.39 is 47.6 Å². The van der Waals surface area contributed by atoms with Gasteiger partial charge in [-0.3, -0.25) is 0 Å². The van der Waals surface area contributed by atoms with Gasteiger partial charge in [-0.1, -0.05) is 60.7 Å². The van der Waals surface area contributed by atoms with Gasteiger partial charge < -0.3 is 19.1 Å². The zero-order valence-corrected chi connectivity index (χ0v) is 28.7. The van der Waals surface area contributed by atoms with Crippen molar-refractivity contribution in [3.05, 3.63) is 144 Å². The van der Waals surface area contributed by atoms with Crippen LogP contribution in [0.3, 0.4) is 0 Å². The molecule has 14 heteroatoms. The smallest absolute Gasteiger partial charge is 0.416 e. The van der Waals surface area contributed by atoms with Gasteiger partial charge in [0.2, 0.25) is 0 Å². The van der Waals surface area contributed by atoms with E-state index in [9.17, 15) is 35.9 Å². The van der Waals surface area contributed by atoms with E-state index in [2.05, 4.69) is 0 Å². The highest BCUT2D eigenvalue weighted by atomic mass is 19.4. The summed E-state index contributed by atoms with van der Waals surface area (Å²) in [6.07, 6.45) is -7.08. The Morgan fingerprint density at radius 3 is 1.22 bits per heavy atom. The summed E-state index contributed by atoms with van der Waals surface area (Å²) < 4.78 is 90.5. The first-order valence-electron chi connectivity index (χ1n) is 17.2. The Morgan fingerprint density at radius 1 is 0.537 bits per heavy atom. The molecule has 4 atom stereocenters. The molecule has 2 fully saturated rings. The van der Waals surface area contributed by atoms with Crippen LogP contribution in [0, 0.1) is 0 Å². The Bertz CT molecular complexity index is 1730. The highest BCUT2D eigenvalue weighted by molar-refractivity contribution is 5.91. The molecule has 0 radical (unpaired) electrons. The first-order chi connectivity index (χ1) is 25.8. The van der Waals surface area contributed by atoms with Crippen molar-refractivity contribution in [2.45, 2.75) is 49.2 Å². The largest absolute Gasteiger partial charge is 0.490 e. The molecule has 0 bridgehead atoms. The van der Waals surface area contributed by atoms with Gasteiger partial charge in [-0.15, -0.1) is 10.1 Å². The molecule has 54 heavy (non-hydrogen) atoms. The maximum Gasteiger partial charge on any atom is 0.416 e. The highest BCUT2D eigenvalue weighted by Crippen LogP contribution is 2.35. The fourth-order valence-corrected chi connectivity index (χ4v) is 6.54. The molecule has 2 aliphatic rings. The van der Waals surface area contributed by atoms with Crippen LogP contribution in [0.4, 0.5) is 26.3 Å². The van der Waals surface area contributed by atoms with Crippen molar-refractivity contribution >= 4 is 11.9 Å². The molecular weight excluding hydrogens is 718 g/mol. The van der Waals surface area contributed by atoms with Crippen LogP contribution in [0.5, 0.6) is 11.5 Å². The average Bonchev–Trinajstić information content (AvgIpc) is 3.15. The molecule has 4 aromatic rings. The van der Waals surface area contributed by atoms with Crippen molar-refractivity contribution in [2.24, 2.45) is 0 Å². The number of benzene rings is 4. The van der Waals surface area contributed by atoms with Crippen molar-refractivity contribution in [1.29, 1.82) is 0 Å². The van der Waals surface area contributed by atoms with Gasteiger partial charge in [-0.05, 0) is 59.7 Å². The third kappa shape index (κ3) is 10.2. The van der Waals surface area contributed by atoms with Crippen LogP contribution in [-0.4, -0.2) is 60.5 Å². The van der Waals surface area contributed by atoms with Crippen LogP contribution in [0.2, 0.25) is 0 Å². The van der Waals surface area contributed by atoms with Crippen LogP contribution < -0.4 is 9.47 Å². The number of halogens is 6. The molecular formula is C40H36F6N2O6. The van der Waals surface area contributed by atoms with Crippen molar-refractivity contribution in [3.8, 4) is 11.5 Å². The second kappa shape index (κ2) is 16.8. The normalized spacial score (nSPS) is 21.4. The maximum absolute atomic E-state index is 13.0. The molecule has 6 rings (SSSR count). The Labute approximate surface area is 307 Å². The molecule has 2 aliphatic heterocycles. The van der Waals surface area contributed by atoms with Gasteiger partial charge in [-0.25, -0.2) is 9.59 Å². The first kappa shape index (κ1) is 38.4. The molecule has 0 spiro atoms. The number of hydrogen-bond donors (Lipinski definition) is 0. The molecule has 4 unspecified atom stereocenters. The lowest BCUT2D eigenvalue weighted by atomic mass is 9.88. The SMILES string of the molecule is O=C(/C=C\C(=O)ON1CCC(Oc2ccc(C(F)(F)F)cc2)C(c2ccccc2)C1)ON1CCC(Oc2ccc(C(F)(F)F)cc2)C(c2ccccc2)C1. The van der Waals surface area contributed by atoms with E-state index in [-0.39, 0.29) is 49.5 Å². The van der Waals surface area contributed by atoms with E-state index in [0.717, 1.165) is 47.5 Å². The number of nitrogens with zero attached hydrogens (tertiary/aromatic N) is 2. The number of piperidine rings is 2. The minimum atomic E-state index is -4.47. The fraction of sp³-hybridized carbons (Fsp3) is 0.300. The summed E-state index contributed by atoms with van der Waals surface area (Å²) in [5, 5.41) is 2.91. The lowest BCUT2D eigenvalue weighted by molar-refractivity contribution is -0.196. The molecule has 2 saturated heterocycles. The molecule has 0 amide bonds. The monoisotopic (exact) mass is 754 g/mol. The number of carbonyl (C=O) groups excluding carboxylic acids is 2. The number of hydroxylamine groups is 4. The second-order valence-corrected chi connectivity index (χ2v) is 12.9. The predicted molar refractivity (Wildman–Crippen MR) is 184 cm³/mol. The van der Waals surface area contributed by atoms with Crippen LogP contribution in [0.1, 0.15) is 46.9 Å². The van der Waals surface area contributed by atoms with Crippen molar-refractivity contribution in [1.82, 2.24) is 10.1 Å². The van der Waals surface area contributed by atoms with E-state index in [1.54, 1.807) is 0 Å². The van der Waals surface area contributed by atoms with Gasteiger partial charge in [0.1, 0.15) is 23.7 Å². The van der Waals surface area contributed by atoms with E-state index in [4.69, 9.17) is 19.1 Å². The number of rotatable bonds is 10. The quantitative estimate of drug-likeness (QED) is 0.118. The van der Waals surface area contributed by atoms with E-state index in [0.29, 0.717) is 12.8 Å². The van der Waals surface area contributed by atoms with Gasteiger partial charge >= 0.3 is 24.3 Å². The molecule has 4 aromatic carbocycles. The minimum absolute atomic E-state index is 0.226. The summed E-state index contributed by atoms with van der Waals surface area (Å²) >= 11 is 0. The summed E-state index contributed by atoms with van der Waals surface area (Å²) in [5.41, 5.74) is 0.213. The second-order valence-electron chi connectivity index (χ2n) is 12.9. The van der Waals surface area contributed by atoms with E-state index in [1.807, 2.05) is 60.7 Å². The van der Waals surface area contributed by atoms with Crippen molar-refractivity contribution in [3.63, 3.8) is 0 Å². The number of ether oxygens (including phenoxy) is 2. The summed E-state index contributed by atoms with van der Waals surface area (Å²) in [7, 11) is 0. The van der Waals surface area contributed by atoms with Gasteiger partial charge in [0.05, 0.1) is 11.1 Å². The lowest BCUT2D eigenvalue weighted by Gasteiger charge is -2.37. The molecule has 2 heterocycles. The Hall–Kier alpha value is -5.34. The minimum Gasteiger partial charge on any atom is -0.490 e. The number of alkyl halides is 6. The van der Waals surface area contributed by atoms with Crippen LogP contribution in [0.25, 0.3) is 0 Å². The van der Waals surface area contributed by atoms with E-state index in [1.165, 1.54) is 34.4 Å². The molecule has 0 saturated carbocycles. The Morgan fingerprint density at radius 2 is 0.889 bits per heavy atom. The summed E-state index contributed by atoms with van der Waals surface area (Å²) in [4.78, 5) is 36.7. The number of carbonyl (C=O) groups is 2. The summed E-state index contributed by atoms with van der Waals surface area (Å²) in [5.74, 6) is -1.66. The van der Waals surface area contributed by atoms with Crippen LogP contribution in [0.15, 0.2) is 121 Å². The van der Waals surface area contributed by atoms with Crippen molar-refractivity contribution < 1.29 is 55.1 Å². The molecule has 0 N–H and O–H groups in total. The van der Waals surface area contributed by atoms with Gasteiger partial charge in [0, 0.05) is 63.0 Å². The standard InChI is InChI=1S/C40H36F6N2O6/c41-39(42,43)29-11-15-31(16-12-29)51-35-21-23-47(25-33(35)27-7-3-1-4-8-27)53-37(49)19-20-38(50)54-48-24-22-36(34(26-48)28-9-5-2-6-10-28)52-32-17-13-30(14-18-32)40(44,45)46/h1-20,33-36H,21-26H2/b20-19-. The molecule has 0 aromatic heterocycles. The Balaban J connectivity index is 1.03. The van der Waals surface area contributed by atoms with Crippen LogP contribution in [-0.2, 0) is 31.6 Å². The van der Waals surface area contributed by atoms with Crippen molar-refractivity contribution in [2.75, 3.05) is 26.2 Å². The van der Waals surface area contributed by atoms with Gasteiger partial charge in [0.25, 0.3) is 0 Å².